The van der Waals surface area contributed by atoms with Crippen LogP contribution in [-0.2, 0) is 6.54 Å². The maximum absolute atomic E-state index is 12.0. The molecule has 5 heteroatoms. The van der Waals surface area contributed by atoms with Crippen molar-refractivity contribution in [3.63, 3.8) is 0 Å². The highest BCUT2D eigenvalue weighted by molar-refractivity contribution is 5.92. The lowest BCUT2D eigenvalue weighted by molar-refractivity contribution is 0.0644. The maximum Gasteiger partial charge on any atom is 0.289 e. The van der Waals surface area contributed by atoms with Gasteiger partial charge in [0, 0.05) is 6.54 Å². The first kappa shape index (κ1) is 11.2. The molecule has 0 aromatic carbocycles. The Morgan fingerprint density at radius 1 is 1.62 bits per heavy atom. The third-order valence-electron chi connectivity index (χ3n) is 2.92. The topological polar surface area (TPSA) is 79.7 Å². The average molecular weight is 224 g/mol. The number of nitrogens with two attached hydrogens (primary N) is 1. The molecule has 2 heterocycles. The summed E-state index contributed by atoms with van der Waals surface area (Å²) in [5.74, 6) is 0.750. The van der Waals surface area contributed by atoms with Crippen LogP contribution in [0, 0.1) is 0 Å². The minimum atomic E-state index is -0.156. The molecule has 1 aliphatic rings. The molecule has 0 aliphatic carbocycles. The fraction of sp³-hybridized carbons (Fsp3) is 0.545. The second kappa shape index (κ2) is 4.67. The second-order valence-corrected chi connectivity index (χ2v) is 3.95. The van der Waals surface area contributed by atoms with Gasteiger partial charge in [0.15, 0.2) is 5.76 Å². The molecule has 1 aliphatic heterocycles. The maximum atomic E-state index is 12.0. The summed E-state index contributed by atoms with van der Waals surface area (Å²) >= 11 is 0. The largest absolute Gasteiger partial charge is 0.455 e. The summed E-state index contributed by atoms with van der Waals surface area (Å²) in [7, 11) is 0. The van der Waals surface area contributed by atoms with Gasteiger partial charge in [0.2, 0.25) is 0 Å². The van der Waals surface area contributed by atoms with E-state index in [9.17, 15) is 4.79 Å². The Kier molecular flexibility index (Phi) is 3.26. The summed E-state index contributed by atoms with van der Waals surface area (Å²) in [6.45, 7) is 0.982. The second-order valence-electron chi connectivity index (χ2n) is 3.95. The molecule has 88 valence electrons. The molecule has 2 rings (SSSR count). The van der Waals surface area contributed by atoms with Crippen LogP contribution in [0.2, 0.25) is 0 Å². The van der Waals surface area contributed by atoms with E-state index < -0.39 is 0 Å². The van der Waals surface area contributed by atoms with Gasteiger partial charge in [-0.1, -0.05) is 0 Å². The highest BCUT2D eigenvalue weighted by Gasteiger charge is 2.30. The number of amides is 1. The standard InChI is InChI=1S/C11H16N2O3/c12-6-9-3-4-10(16-9)11(15)13-5-1-2-8(13)7-14/h3-4,8,14H,1-2,5-7,12H2/t8-/m1/s1. The summed E-state index contributed by atoms with van der Waals surface area (Å²) in [5.41, 5.74) is 5.41. The minimum absolute atomic E-state index is 0.0101. The van der Waals surface area contributed by atoms with Crippen LogP contribution in [0.25, 0.3) is 0 Å². The summed E-state index contributed by atoms with van der Waals surface area (Å²) in [5, 5.41) is 9.14. The van der Waals surface area contributed by atoms with Crippen molar-refractivity contribution >= 4 is 5.91 Å². The van der Waals surface area contributed by atoms with Crippen molar-refractivity contribution in [2.75, 3.05) is 13.2 Å². The van der Waals surface area contributed by atoms with Crippen LogP contribution < -0.4 is 5.73 Å². The van der Waals surface area contributed by atoms with Crippen molar-refractivity contribution in [2.24, 2.45) is 5.73 Å². The van der Waals surface area contributed by atoms with Crippen molar-refractivity contribution in [1.29, 1.82) is 0 Å². The molecule has 16 heavy (non-hydrogen) atoms. The summed E-state index contributed by atoms with van der Waals surface area (Å²) < 4.78 is 5.30. The van der Waals surface area contributed by atoms with Gasteiger partial charge in [-0.3, -0.25) is 4.79 Å². The molecule has 0 bridgehead atoms. The Balaban J connectivity index is 2.12. The zero-order chi connectivity index (χ0) is 11.5. The summed E-state index contributed by atoms with van der Waals surface area (Å²) in [6.07, 6.45) is 1.79. The lowest BCUT2D eigenvalue weighted by Crippen LogP contribution is -2.37. The number of nitrogens with zero attached hydrogens (tertiary/aromatic N) is 1. The summed E-state index contributed by atoms with van der Waals surface area (Å²) in [6, 6.07) is 3.27. The van der Waals surface area contributed by atoms with Crippen molar-refractivity contribution in [3.05, 3.63) is 23.7 Å². The van der Waals surface area contributed by atoms with E-state index in [2.05, 4.69) is 0 Å². The van der Waals surface area contributed by atoms with Crippen LogP contribution in [0.3, 0.4) is 0 Å². The fourth-order valence-corrected chi connectivity index (χ4v) is 2.04. The lowest BCUT2D eigenvalue weighted by Gasteiger charge is -2.21. The van der Waals surface area contributed by atoms with Gasteiger partial charge in [-0.2, -0.15) is 0 Å². The number of aliphatic hydroxyl groups is 1. The van der Waals surface area contributed by atoms with Gasteiger partial charge in [0.1, 0.15) is 5.76 Å². The predicted octanol–water partition coefficient (Wildman–Crippen LogP) is 0.335. The van der Waals surface area contributed by atoms with E-state index >= 15 is 0 Å². The molecule has 0 radical (unpaired) electrons. The Labute approximate surface area is 93.8 Å². The number of carbonyl (C=O) groups excluding carboxylic acids is 1. The molecule has 1 saturated heterocycles. The monoisotopic (exact) mass is 224 g/mol. The normalized spacial score (nSPS) is 20.4. The van der Waals surface area contributed by atoms with Gasteiger partial charge in [-0.25, -0.2) is 0 Å². The number of hydrogen-bond donors (Lipinski definition) is 2. The fourth-order valence-electron chi connectivity index (χ4n) is 2.04. The molecule has 1 aromatic rings. The van der Waals surface area contributed by atoms with E-state index in [4.69, 9.17) is 15.3 Å². The molecular weight excluding hydrogens is 208 g/mol. The van der Waals surface area contributed by atoms with Gasteiger partial charge >= 0.3 is 0 Å². The predicted molar refractivity (Wildman–Crippen MR) is 57.7 cm³/mol. The van der Waals surface area contributed by atoms with Gasteiger partial charge in [-0.05, 0) is 25.0 Å². The van der Waals surface area contributed by atoms with Gasteiger partial charge in [0.25, 0.3) is 5.91 Å². The molecule has 1 atom stereocenters. The van der Waals surface area contributed by atoms with E-state index in [-0.39, 0.29) is 25.1 Å². The molecule has 3 N–H and O–H groups in total. The Morgan fingerprint density at radius 2 is 2.44 bits per heavy atom. The molecule has 1 amide bonds. The molecule has 1 fully saturated rings. The van der Waals surface area contributed by atoms with Crippen molar-refractivity contribution in [1.82, 2.24) is 4.90 Å². The van der Waals surface area contributed by atoms with Crippen molar-refractivity contribution < 1.29 is 14.3 Å². The Morgan fingerprint density at radius 3 is 3.06 bits per heavy atom. The number of hydrogen-bond acceptors (Lipinski definition) is 4. The lowest BCUT2D eigenvalue weighted by atomic mass is 10.2. The molecule has 5 nitrogen and oxygen atoms in total. The Hall–Kier alpha value is -1.33. The van der Waals surface area contributed by atoms with Crippen LogP contribution in [0.1, 0.15) is 29.2 Å². The average Bonchev–Trinajstić information content (AvgIpc) is 2.96. The van der Waals surface area contributed by atoms with Gasteiger partial charge in [-0.15, -0.1) is 0 Å². The van der Waals surface area contributed by atoms with Crippen molar-refractivity contribution in [2.45, 2.75) is 25.4 Å². The molecule has 1 aromatic heterocycles. The first-order valence-corrected chi connectivity index (χ1v) is 5.47. The van der Waals surface area contributed by atoms with E-state index in [0.717, 1.165) is 12.8 Å². The van der Waals surface area contributed by atoms with E-state index in [1.165, 1.54) is 0 Å². The van der Waals surface area contributed by atoms with Gasteiger partial charge < -0.3 is 20.2 Å². The minimum Gasteiger partial charge on any atom is -0.455 e. The third kappa shape index (κ3) is 1.96. The van der Waals surface area contributed by atoms with E-state index in [0.29, 0.717) is 18.1 Å². The van der Waals surface area contributed by atoms with Crippen LogP contribution in [0.4, 0.5) is 0 Å². The smallest absolute Gasteiger partial charge is 0.289 e. The Bertz CT molecular complexity index is 375. The molecule has 0 unspecified atom stereocenters. The number of carbonyl (C=O) groups is 1. The third-order valence-corrected chi connectivity index (χ3v) is 2.92. The quantitative estimate of drug-likeness (QED) is 0.775. The first-order chi connectivity index (χ1) is 7.76. The molecule has 0 saturated carbocycles. The van der Waals surface area contributed by atoms with Crippen LogP contribution >= 0.6 is 0 Å². The van der Waals surface area contributed by atoms with E-state index in [1.54, 1.807) is 17.0 Å². The van der Waals surface area contributed by atoms with Crippen LogP contribution in [0.15, 0.2) is 16.5 Å². The van der Waals surface area contributed by atoms with E-state index in [1.807, 2.05) is 0 Å². The number of furan rings is 1. The highest BCUT2D eigenvalue weighted by atomic mass is 16.4. The summed E-state index contributed by atoms with van der Waals surface area (Å²) in [4.78, 5) is 13.7. The number of rotatable bonds is 3. The molecular formula is C11H16N2O3. The SMILES string of the molecule is NCc1ccc(C(=O)N2CCC[C@@H]2CO)o1. The highest BCUT2D eigenvalue weighted by Crippen LogP contribution is 2.20. The van der Waals surface area contributed by atoms with Crippen LogP contribution in [0.5, 0.6) is 0 Å². The molecule has 0 spiro atoms. The zero-order valence-electron chi connectivity index (χ0n) is 9.06. The zero-order valence-corrected chi connectivity index (χ0v) is 9.06. The number of likely N-dealkylation sites (tertiary alicyclic amines) is 1. The van der Waals surface area contributed by atoms with Crippen LogP contribution in [-0.4, -0.2) is 35.1 Å². The van der Waals surface area contributed by atoms with Crippen molar-refractivity contribution in [3.8, 4) is 0 Å². The van der Waals surface area contributed by atoms with Gasteiger partial charge in [0.05, 0.1) is 19.2 Å². The number of aliphatic hydroxyl groups excluding tert-OH is 1. The first-order valence-electron chi connectivity index (χ1n) is 5.47.